The van der Waals surface area contributed by atoms with E-state index in [1.165, 1.54) is 4.70 Å². The number of carboxylic acid groups (broad SMARTS) is 1. The van der Waals surface area contributed by atoms with E-state index in [1.54, 1.807) is 11.3 Å². The summed E-state index contributed by atoms with van der Waals surface area (Å²) in [6, 6.07) is 7.86. The summed E-state index contributed by atoms with van der Waals surface area (Å²) in [6.45, 7) is 0. The molecule has 0 aliphatic heterocycles. The molecule has 0 bridgehead atoms. The van der Waals surface area contributed by atoms with Crippen LogP contribution in [-0.4, -0.2) is 11.9 Å². The Hall–Kier alpha value is -1.88. The Labute approximate surface area is 139 Å². The second kappa shape index (κ2) is 6.71. The summed E-state index contributed by atoms with van der Waals surface area (Å²) in [5.41, 5.74) is 0.327. The fourth-order valence-corrected chi connectivity index (χ4v) is 4.39. The zero-order chi connectivity index (χ0) is 16.3. The van der Waals surface area contributed by atoms with Crippen molar-refractivity contribution in [3.05, 3.63) is 29.6 Å². The van der Waals surface area contributed by atoms with Crippen molar-refractivity contribution in [2.24, 2.45) is 5.41 Å². The largest absolute Gasteiger partial charge is 0.550 e. The minimum Gasteiger partial charge on any atom is -0.550 e. The molecule has 5 heteroatoms. The lowest BCUT2D eigenvalue weighted by Crippen LogP contribution is -2.36. The van der Waals surface area contributed by atoms with Crippen molar-refractivity contribution in [3.8, 4) is 0 Å². The number of nitrogens with one attached hydrogen (secondary N) is 1. The van der Waals surface area contributed by atoms with Gasteiger partial charge in [-0.2, -0.15) is 0 Å². The number of aliphatic carboxylic acids is 1. The molecule has 1 saturated carbocycles. The molecule has 1 amide bonds. The lowest BCUT2D eigenvalue weighted by Gasteiger charge is -2.37. The molecule has 1 N–H and O–H groups in total. The lowest BCUT2D eigenvalue weighted by atomic mass is 9.69. The van der Waals surface area contributed by atoms with Gasteiger partial charge in [0.2, 0.25) is 5.91 Å². The second-order valence-electron chi connectivity index (χ2n) is 6.51. The topological polar surface area (TPSA) is 69.2 Å². The Balaban J connectivity index is 1.69. The number of hydrogen-bond acceptors (Lipinski definition) is 4. The molecular weight excluding hydrogens is 310 g/mol. The van der Waals surface area contributed by atoms with Crippen LogP contribution in [0.15, 0.2) is 29.6 Å². The van der Waals surface area contributed by atoms with Crippen LogP contribution in [0.3, 0.4) is 0 Å². The van der Waals surface area contributed by atoms with Crippen LogP contribution in [0, 0.1) is 5.41 Å². The highest BCUT2D eigenvalue weighted by molar-refractivity contribution is 7.17. The summed E-state index contributed by atoms with van der Waals surface area (Å²) >= 11 is 1.66. The molecule has 3 rings (SSSR count). The van der Waals surface area contributed by atoms with Gasteiger partial charge in [0.15, 0.2) is 0 Å². The normalized spacial score (nSPS) is 17.0. The zero-order valence-corrected chi connectivity index (χ0v) is 13.8. The number of benzene rings is 1. The van der Waals surface area contributed by atoms with Crippen LogP contribution in [0.25, 0.3) is 10.1 Å². The lowest BCUT2D eigenvalue weighted by molar-refractivity contribution is -0.308. The molecule has 2 aromatic rings. The van der Waals surface area contributed by atoms with E-state index >= 15 is 0 Å². The van der Waals surface area contributed by atoms with Gasteiger partial charge in [-0.05, 0) is 59.7 Å². The Bertz CT molecular complexity index is 716. The smallest absolute Gasteiger partial charge is 0.224 e. The molecule has 0 radical (unpaired) electrons. The van der Waals surface area contributed by atoms with Crippen LogP contribution >= 0.6 is 11.3 Å². The average molecular weight is 330 g/mol. The third-order valence-electron chi connectivity index (χ3n) is 4.71. The first-order valence-corrected chi connectivity index (χ1v) is 8.91. The van der Waals surface area contributed by atoms with Crippen molar-refractivity contribution in [3.63, 3.8) is 0 Å². The van der Waals surface area contributed by atoms with E-state index in [-0.39, 0.29) is 18.7 Å². The first kappa shape index (κ1) is 16.0. The third-order valence-corrected chi connectivity index (χ3v) is 5.60. The van der Waals surface area contributed by atoms with E-state index in [2.05, 4.69) is 5.32 Å². The number of thiophene rings is 1. The zero-order valence-electron chi connectivity index (χ0n) is 13.0. The third kappa shape index (κ3) is 3.91. The molecule has 1 heterocycles. The van der Waals surface area contributed by atoms with Crippen LogP contribution in [0.4, 0.5) is 5.69 Å². The summed E-state index contributed by atoms with van der Waals surface area (Å²) in [5.74, 6) is -1.16. The Morgan fingerprint density at radius 3 is 2.65 bits per heavy atom. The van der Waals surface area contributed by atoms with Crippen molar-refractivity contribution < 1.29 is 14.7 Å². The van der Waals surface area contributed by atoms with Gasteiger partial charge < -0.3 is 15.2 Å². The Morgan fingerprint density at radius 2 is 1.91 bits per heavy atom. The summed E-state index contributed by atoms with van der Waals surface area (Å²) in [6.07, 6.45) is 4.90. The maximum atomic E-state index is 12.4. The molecule has 0 spiro atoms. The number of hydrogen-bond donors (Lipinski definition) is 1. The van der Waals surface area contributed by atoms with Crippen LogP contribution in [0.1, 0.15) is 44.9 Å². The predicted molar refractivity (Wildman–Crippen MR) is 90.2 cm³/mol. The summed E-state index contributed by atoms with van der Waals surface area (Å²) < 4.78 is 1.18. The second-order valence-corrected chi connectivity index (χ2v) is 7.46. The molecule has 0 atom stereocenters. The van der Waals surface area contributed by atoms with Crippen LogP contribution in [-0.2, 0) is 9.59 Å². The van der Waals surface area contributed by atoms with Crippen molar-refractivity contribution >= 4 is 39.0 Å². The molecule has 1 aliphatic carbocycles. The first-order valence-electron chi connectivity index (χ1n) is 8.03. The van der Waals surface area contributed by atoms with Crippen molar-refractivity contribution in [1.29, 1.82) is 0 Å². The summed E-state index contributed by atoms with van der Waals surface area (Å²) in [5, 5.41) is 17.1. The molecule has 1 aromatic heterocycles. The highest BCUT2D eigenvalue weighted by atomic mass is 32.1. The molecule has 122 valence electrons. The van der Waals surface area contributed by atoms with Gasteiger partial charge in [-0.25, -0.2) is 0 Å². The molecule has 1 aliphatic rings. The van der Waals surface area contributed by atoms with Crippen LogP contribution in [0.5, 0.6) is 0 Å². The van der Waals surface area contributed by atoms with E-state index in [4.69, 9.17) is 0 Å². The maximum Gasteiger partial charge on any atom is 0.224 e. The number of carbonyl (C=O) groups is 2. The Morgan fingerprint density at radius 1 is 1.13 bits per heavy atom. The fourth-order valence-electron chi connectivity index (χ4n) is 3.61. The molecule has 4 nitrogen and oxygen atoms in total. The first-order chi connectivity index (χ1) is 11.1. The monoisotopic (exact) mass is 330 g/mol. The number of carbonyl (C=O) groups excluding carboxylic acids is 2. The fraction of sp³-hybridized carbons (Fsp3) is 0.444. The summed E-state index contributed by atoms with van der Waals surface area (Å²) in [7, 11) is 0. The number of anilines is 1. The quantitative estimate of drug-likeness (QED) is 0.914. The van der Waals surface area contributed by atoms with E-state index in [1.807, 2.05) is 29.6 Å². The average Bonchev–Trinajstić information content (AvgIpc) is 2.94. The van der Waals surface area contributed by atoms with E-state index in [0.717, 1.165) is 43.2 Å². The molecule has 23 heavy (non-hydrogen) atoms. The molecule has 1 aromatic carbocycles. The predicted octanol–water partition coefficient (Wildman–Crippen LogP) is 3.32. The van der Waals surface area contributed by atoms with Crippen molar-refractivity contribution in [1.82, 2.24) is 0 Å². The van der Waals surface area contributed by atoms with Gasteiger partial charge in [-0.3, -0.25) is 4.79 Å². The number of amides is 1. The van der Waals surface area contributed by atoms with Crippen LogP contribution < -0.4 is 10.4 Å². The van der Waals surface area contributed by atoms with Crippen molar-refractivity contribution in [2.45, 2.75) is 44.9 Å². The van der Waals surface area contributed by atoms with E-state index < -0.39 is 11.4 Å². The van der Waals surface area contributed by atoms with Gasteiger partial charge in [-0.1, -0.05) is 19.3 Å². The van der Waals surface area contributed by atoms with Gasteiger partial charge in [0.05, 0.1) is 0 Å². The van der Waals surface area contributed by atoms with E-state index in [9.17, 15) is 14.7 Å². The van der Waals surface area contributed by atoms with Gasteiger partial charge in [0.1, 0.15) is 0 Å². The van der Waals surface area contributed by atoms with Crippen LogP contribution in [0.2, 0.25) is 0 Å². The summed E-state index contributed by atoms with van der Waals surface area (Å²) in [4.78, 5) is 23.5. The maximum absolute atomic E-state index is 12.4. The Kier molecular flexibility index (Phi) is 4.66. The van der Waals surface area contributed by atoms with E-state index in [0.29, 0.717) is 0 Å². The number of rotatable bonds is 5. The molecule has 1 fully saturated rings. The number of fused-ring (bicyclic) bond motifs is 1. The van der Waals surface area contributed by atoms with Gasteiger partial charge in [0.25, 0.3) is 0 Å². The van der Waals surface area contributed by atoms with Gasteiger partial charge >= 0.3 is 0 Å². The number of carboxylic acids is 1. The molecule has 0 unspecified atom stereocenters. The SMILES string of the molecule is O=C([O-])CC1(CC(=O)Nc2ccc3sccc3c2)CCCCC1. The minimum absolute atomic E-state index is 0.0238. The standard InChI is InChI=1S/C18H21NO3S/c20-16(11-18(12-17(21)22)7-2-1-3-8-18)19-14-4-5-15-13(10-14)6-9-23-15/h4-6,9-10H,1-3,7-8,11-12H2,(H,19,20)(H,21,22)/p-1. The highest BCUT2D eigenvalue weighted by Gasteiger charge is 2.34. The van der Waals surface area contributed by atoms with Crippen molar-refractivity contribution in [2.75, 3.05) is 5.32 Å². The highest BCUT2D eigenvalue weighted by Crippen LogP contribution is 2.42. The molecule has 0 saturated heterocycles. The molecular formula is C18H20NO3S-. The minimum atomic E-state index is -1.06. The van der Waals surface area contributed by atoms with Gasteiger partial charge in [0, 0.05) is 22.8 Å². The van der Waals surface area contributed by atoms with Gasteiger partial charge in [-0.15, -0.1) is 11.3 Å².